The molecule has 1 aromatic carbocycles. The number of carbonyl (C=O) groups excluding carboxylic acids is 1. The molecule has 5 heteroatoms. The van der Waals surface area contributed by atoms with Crippen molar-refractivity contribution in [1.29, 1.82) is 0 Å². The molecule has 26 heavy (non-hydrogen) atoms. The molecule has 0 spiro atoms. The summed E-state index contributed by atoms with van der Waals surface area (Å²) in [5.41, 5.74) is 2.03. The highest BCUT2D eigenvalue weighted by molar-refractivity contribution is 5.87. The van der Waals surface area contributed by atoms with E-state index in [0.29, 0.717) is 0 Å². The fourth-order valence-corrected chi connectivity index (χ4v) is 3.25. The summed E-state index contributed by atoms with van der Waals surface area (Å²) in [6, 6.07) is 9.86. The van der Waals surface area contributed by atoms with Gasteiger partial charge in [-0.3, -0.25) is 0 Å². The molecule has 1 atom stereocenters. The van der Waals surface area contributed by atoms with E-state index in [9.17, 15) is 4.79 Å². The van der Waals surface area contributed by atoms with E-state index in [1.165, 1.54) is 44.9 Å². The van der Waals surface area contributed by atoms with E-state index in [1.54, 1.807) is 0 Å². The zero-order valence-corrected chi connectivity index (χ0v) is 16.3. The number of amides is 2. The summed E-state index contributed by atoms with van der Waals surface area (Å²) >= 11 is 0. The minimum absolute atomic E-state index is 0.108. The smallest absolute Gasteiger partial charge is 0.316 e. The number of nitrogens with one attached hydrogen (secondary N) is 2. The first-order valence-corrected chi connectivity index (χ1v) is 10.1. The predicted molar refractivity (Wildman–Crippen MR) is 110 cm³/mol. The van der Waals surface area contributed by atoms with Gasteiger partial charge >= 0.3 is 6.03 Å². The van der Waals surface area contributed by atoms with E-state index in [4.69, 9.17) is 0 Å². The quantitative estimate of drug-likeness (QED) is 0.545. The Balaban J connectivity index is 1.62. The van der Waals surface area contributed by atoms with E-state index in [-0.39, 0.29) is 12.2 Å². The monoisotopic (exact) mass is 358 g/mol. The number of anilines is 1. The third kappa shape index (κ3) is 7.06. The maximum atomic E-state index is 12.2. The standard InChI is InChI=1S/C21H34N4O/c1-3-4-5-6-7-8-9-13-16-22-21(26)23-20-17-18(2)24-25(20)19-14-11-10-12-15-19/h10-12,14-15,20H,3-9,13,16-17H2,1-2H3,(H2,22,23,26). The number of hydrazone groups is 1. The van der Waals surface area contributed by atoms with Gasteiger partial charge in [0, 0.05) is 18.7 Å². The zero-order valence-electron chi connectivity index (χ0n) is 16.3. The van der Waals surface area contributed by atoms with Gasteiger partial charge in [-0.25, -0.2) is 9.80 Å². The van der Waals surface area contributed by atoms with Gasteiger partial charge in [0.15, 0.2) is 0 Å². The van der Waals surface area contributed by atoms with Gasteiger partial charge in [-0.05, 0) is 25.5 Å². The highest BCUT2D eigenvalue weighted by Gasteiger charge is 2.26. The molecule has 0 saturated carbocycles. The number of urea groups is 1. The lowest BCUT2D eigenvalue weighted by molar-refractivity contribution is 0.237. The average molecular weight is 359 g/mol. The Morgan fingerprint density at radius 3 is 2.42 bits per heavy atom. The van der Waals surface area contributed by atoms with E-state index < -0.39 is 0 Å². The molecular weight excluding hydrogens is 324 g/mol. The van der Waals surface area contributed by atoms with Crippen LogP contribution in [0.1, 0.15) is 71.6 Å². The van der Waals surface area contributed by atoms with Gasteiger partial charge in [0.2, 0.25) is 0 Å². The van der Waals surface area contributed by atoms with Crippen molar-refractivity contribution in [2.75, 3.05) is 11.6 Å². The van der Waals surface area contributed by atoms with E-state index in [2.05, 4.69) is 22.7 Å². The second kappa shape index (κ2) is 11.6. The Kier molecular flexibility index (Phi) is 9.01. The topological polar surface area (TPSA) is 56.7 Å². The molecule has 0 fully saturated rings. The normalized spacial score (nSPS) is 16.5. The van der Waals surface area contributed by atoms with Crippen LogP contribution >= 0.6 is 0 Å². The van der Waals surface area contributed by atoms with Crippen molar-refractivity contribution < 1.29 is 4.79 Å². The number of hydrogen-bond acceptors (Lipinski definition) is 3. The van der Waals surface area contributed by atoms with Gasteiger partial charge in [-0.2, -0.15) is 5.10 Å². The lowest BCUT2D eigenvalue weighted by atomic mass is 10.1. The van der Waals surface area contributed by atoms with Crippen molar-refractivity contribution in [1.82, 2.24) is 10.6 Å². The molecule has 144 valence electrons. The maximum Gasteiger partial charge on any atom is 0.316 e. The molecule has 2 amide bonds. The summed E-state index contributed by atoms with van der Waals surface area (Å²) in [6.45, 7) is 4.98. The van der Waals surface area contributed by atoms with Crippen molar-refractivity contribution in [3.05, 3.63) is 30.3 Å². The zero-order chi connectivity index (χ0) is 18.6. The third-order valence-electron chi connectivity index (χ3n) is 4.70. The molecule has 1 aliphatic rings. The molecule has 5 nitrogen and oxygen atoms in total. The van der Waals surface area contributed by atoms with Gasteiger partial charge in [0.25, 0.3) is 0 Å². The lowest BCUT2D eigenvalue weighted by Gasteiger charge is -2.24. The van der Waals surface area contributed by atoms with Crippen LogP contribution < -0.4 is 15.6 Å². The molecule has 2 rings (SSSR count). The fourth-order valence-electron chi connectivity index (χ4n) is 3.25. The number of carbonyl (C=O) groups is 1. The summed E-state index contributed by atoms with van der Waals surface area (Å²) in [5, 5.41) is 12.5. The molecule has 0 aromatic heterocycles. The summed E-state index contributed by atoms with van der Waals surface area (Å²) in [5.74, 6) is 0. The van der Waals surface area contributed by atoms with Crippen molar-refractivity contribution in [3.8, 4) is 0 Å². The minimum atomic E-state index is -0.115. The summed E-state index contributed by atoms with van der Waals surface area (Å²) in [7, 11) is 0. The largest absolute Gasteiger partial charge is 0.338 e. The molecule has 0 bridgehead atoms. The average Bonchev–Trinajstić information content (AvgIpc) is 3.01. The van der Waals surface area contributed by atoms with Gasteiger partial charge in [-0.1, -0.05) is 70.1 Å². The Morgan fingerprint density at radius 1 is 1.08 bits per heavy atom. The minimum Gasteiger partial charge on any atom is -0.338 e. The highest BCUT2D eigenvalue weighted by Crippen LogP contribution is 2.22. The first-order chi connectivity index (χ1) is 12.7. The van der Waals surface area contributed by atoms with Crippen molar-refractivity contribution in [2.45, 2.75) is 77.8 Å². The number of rotatable bonds is 11. The Morgan fingerprint density at radius 2 is 1.73 bits per heavy atom. The second-order valence-electron chi connectivity index (χ2n) is 7.11. The lowest BCUT2D eigenvalue weighted by Crippen LogP contribution is -2.48. The van der Waals surface area contributed by atoms with Crippen molar-refractivity contribution in [3.63, 3.8) is 0 Å². The molecule has 0 saturated heterocycles. The Hall–Kier alpha value is -2.04. The Labute approximate surface area is 158 Å². The fraction of sp³-hybridized carbons (Fsp3) is 0.619. The Bertz CT molecular complexity index is 558. The number of nitrogens with zero attached hydrogens (tertiary/aromatic N) is 2. The van der Waals surface area contributed by atoms with Crippen LogP contribution in [0.15, 0.2) is 35.4 Å². The van der Waals surface area contributed by atoms with E-state index in [1.807, 2.05) is 42.3 Å². The van der Waals surface area contributed by atoms with Crippen LogP contribution in [0.3, 0.4) is 0 Å². The first kappa shape index (κ1) is 20.3. The first-order valence-electron chi connectivity index (χ1n) is 10.1. The van der Waals surface area contributed by atoms with Crippen LogP contribution in [0.25, 0.3) is 0 Å². The molecule has 0 aliphatic carbocycles. The van der Waals surface area contributed by atoms with Crippen LogP contribution in [-0.4, -0.2) is 24.5 Å². The van der Waals surface area contributed by atoms with Gasteiger partial charge in [0.05, 0.1) is 5.69 Å². The number of para-hydroxylation sites is 1. The highest BCUT2D eigenvalue weighted by atomic mass is 16.2. The molecule has 1 aliphatic heterocycles. The van der Waals surface area contributed by atoms with Crippen molar-refractivity contribution in [2.24, 2.45) is 5.10 Å². The number of benzene rings is 1. The van der Waals surface area contributed by atoms with Crippen LogP contribution in [-0.2, 0) is 0 Å². The maximum absolute atomic E-state index is 12.2. The van der Waals surface area contributed by atoms with E-state index in [0.717, 1.165) is 30.8 Å². The second-order valence-corrected chi connectivity index (χ2v) is 7.11. The van der Waals surface area contributed by atoms with E-state index >= 15 is 0 Å². The number of unbranched alkanes of at least 4 members (excludes halogenated alkanes) is 7. The number of hydrogen-bond donors (Lipinski definition) is 2. The molecule has 1 unspecified atom stereocenters. The molecule has 1 aromatic rings. The molecular formula is C21H34N4O. The predicted octanol–water partition coefficient (Wildman–Crippen LogP) is 5.04. The van der Waals surface area contributed by atoms with Crippen molar-refractivity contribution >= 4 is 17.4 Å². The molecule has 0 radical (unpaired) electrons. The van der Waals surface area contributed by atoms with Crippen LogP contribution in [0.5, 0.6) is 0 Å². The van der Waals surface area contributed by atoms with Crippen LogP contribution in [0.4, 0.5) is 10.5 Å². The van der Waals surface area contributed by atoms with Crippen LogP contribution in [0, 0.1) is 0 Å². The third-order valence-corrected chi connectivity index (χ3v) is 4.70. The summed E-state index contributed by atoms with van der Waals surface area (Å²) in [6.07, 6.45) is 10.8. The molecule has 2 N–H and O–H groups in total. The SMILES string of the molecule is CCCCCCCCCCNC(=O)NC1CC(C)=NN1c1ccccc1. The molecule has 1 heterocycles. The van der Waals surface area contributed by atoms with Gasteiger partial charge in [0.1, 0.15) is 6.17 Å². The van der Waals surface area contributed by atoms with Gasteiger partial charge < -0.3 is 10.6 Å². The van der Waals surface area contributed by atoms with Crippen LogP contribution in [0.2, 0.25) is 0 Å². The van der Waals surface area contributed by atoms with Gasteiger partial charge in [-0.15, -0.1) is 0 Å². The summed E-state index contributed by atoms with van der Waals surface area (Å²) in [4.78, 5) is 12.2. The summed E-state index contributed by atoms with van der Waals surface area (Å²) < 4.78 is 0.